The summed E-state index contributed by atoms with van der Waals surface area (Å²) in [6.45, 7) is 6.86. The van der Waals surface area contributed by atoms with Crippen LogP contribution in [-0.4, -0.2) is 50.4 Å². The highest BCUT2D eigenvalue weighted by Crippen LogP contribution is 2.33. The van der Waals surface area contributed by atoms with Crippen molar-refractivity contribution in [3.05, 3.63) is 90.2 Å². The van der Waals surface area contributed by atoms with E-state index in [0.29, 0.717) is 11.3 Å². The minimum Gasteiger partial charge on any atom is -0.492 e. The maximum absolute atomic E-state index is 14.1. The molecular weight excluding hydrogens is 533 g/mol. The van der Waals surface area contributed by atoms with Crippen molar-refractivity contribution in [1.29, 1.82) is 0 Å². The van der Waals surface area contributed by atoms with Crippen molar-refractivity contribution in [2.45, 2.75) is 57.6 Å². The van der Waals surface area contributed by atoms with Crippen LogP contribution in [0, 0.1) is 5.82 Å². The van der Waals surface area contributed by atoms with Crippen molar-refractivity contribution < 1.29 is 27.1 Å². The minimum atomic E-state index is -4.22. The first kappa shape index (κ1) is 30.6. The van der Waals surface area contributed by atoms with Crippen molar-refractivity contribution in [3.8, 4) is 5.75 Å². The number of nitrogens with zero attached hydrogens (tertiary/aromatic N) is 2. The summed E-state index contributed by atoms with van der Waals surface area (Å²) in [7, 11) is -4.22. The lowest BCUT2D eigenvalue weighted by Crippen LogP contribution is -2.53. The number of amides is 2. The van der Waals surface area contributed by atoms with E-state index < -0.39 is 34.3 Å². The zero-order valence-corrected chi connectivity index (χ0v) is 24.0. The molecule has 8 nitrogen and oxygen atoms in total. The van der Waals surface area contributed by atoms with Crippen molar-refractivity contribution in [3.63, 3.8) is 0 Å². The third-order valence-corrected chi connectivity index (χ3v) is 7.90. The van der Waals surface area contributed by atoms with E-state index in [0.717, 1.165) is 4.31 Å². The Morgan fingerprint density at radius 3 is 2.15 bits per heavy atom. The fraction of sp³-hybridized carbons (Fsp3) is 0.333. The highest BCUT2D eigenvalue weighted by molar-refractivity contribution is 7.92. The highest BCUT2D eigenvalue weighted by atomic mass is 32.2. The Balaban J connectivity index is 2.09. The molecule has 1 N–H and O–H groups in total. The van der Waals surface area contributed by atoms with Gasteiger partial charge in [-0.2, -0.15) is 0 Å². The van der Waals surface area contributed by atoms with E-state index in [2.05, 4.69) is 5.32 Å². The number of hydrogen-bond acceptors (Lipinski definition) is 5. The van der Waals surface area contributed by atoms with E-state index in [4.69, 9.17) is 4.74 Å². The number of ether oxygens (including phenoxy) is 1. The molecule has 0 unspecified atom stereocenters. The molecule has 2 amide bonds. The molecule has 0 heterocycles. The summed E-state index contributed by atoms with van der Waals surface area (Å²) in [5.41, 5.74) is 0.792. The Morgan fingerprint density at radius 2 is 1.55 bits per heavy atom. The monoisotopic (exact) mass is 569 g/mol. The predicted octanol–water partition coefficient (Wildman–Crippen LogP) is 4.75. The maximum atomic E-state index is 14.1. The molecule has 0 saturated heterocycles. The van der Waals surface area contributed by atoms with Crippen LogP contribution in [0.2, 0.25) is 0 Å². The summed E-state index contributed by atoms with van der Waals surface area (Å²) < 4.78 is 48.2. The van der Waals surface area contributed by atoms with Gasteiger partial charge in [-0.15, -0.1) is 0 Å². The van der Waals surface area contributed by atoms with Gasteiger partial charge in [0.25, 0.3) is 10.0 Å². The Morgan fingerprint density at radius 1 is 0.925 bits per heavy atom. The fourth-order valence-electron chi connectivity index (χ4n) is 4.26. The molecule has 214 valence electrons. The zero-order chi connectivity index (χ0) is 29.3. The van der Waals surface area contributed by atoms with Gasteiger partial charge in [0.2, 0.25) is 11.8 Å². The average Bonchev–Trinajstić information content (AvgIpc) is 2.93. The van der Waals surface area contributed by atoms with E-state index in [1.165, 1.54) is 41.3 Å². The number of nitrogens with one attached hydrogen (secondary N) is 1. The fourth-order valence-corrected chi connectivity index (χ4v) is 5.71. The molecule has 0 aliphatic heterocycles. The van der Waals surface area contributed by atoms with E-state index in [9.17, 15) is 22.4 Å². The van der Waals surface area contributed by atoms with Gasteiger partial charge in [-0.05, 0) is 69.2 Å². The summed E-state index contributed by atoms with van der Waals surface area (Å²) in [4.78, 5) is 28.6. The van der Waals surface area contributed by atoms with Crippen LogP contribution in [0.3, 0.4) is 0 Å². The molecule has 10 heteroatoms. The third-order valence-electron chi connectivity index (χ3n) is 6.13. The lowest BCUT2D eigenvalue weighted by atomic mass is 10.1. The van der Waals surface area contributed by atoms with Gasteiger partial charge in [-0.25, -0.2) is 12.8 Å². The number of halogens is 1. The SMILES string of the molecule is CCOc1ccccc1N(CC(=O)N(Cc1ccc(F)cc1)[C@@H](CC)C(=O)NC(C)C)S(=O)(=O)c1ccccc1. The van der Waals surface area contributed by atoms with Gasteiger partial charge in [-0.1, -0.05) is 49.4 Å². The molecule has 0 aliphatic rings. The highest BCUT2D eigenvalue weighted by Gasteiger charge is 2.34. The molecule has 3 rings (SSSR count). The number of rotatable bonds is 13. The van der Waals surface area contributed by atoms with Crippen molar-refractivity contribution in [1.82, 2.24) is 10.2 Å². The molecule has 0 radical (unpaired) electrons. The number of para-hydroxylation sites is 2. The Kier molecular flexibility index (Phi) is 10.7. The molecule has 0 aliphatic carbocycles. The predicted molar refractivity (Wildman–Crippen MR) is 153 cm³/mol. The summed E-state index contributed by atoms with van der Waals surface area (Å²) in [5, 5.41) is 2.85. The standard InChI is InChI=1S/C30H36FN3O5S/c1-5-26(30(36)32-22(3)4)33(20-23-16-18-24(31)19-17-23)29(35)21-34(27-14-10-11-15-28(27)39-6-2)40(37,38)25-12-8-7-9-13-25/h7-19,22,26H,5-6,20-21H2,1-4H3,(H,32,36)/t26-/m0/s1. The minimum absolute atomic E-state index is 0.00350. The van der Waals surface area contributed by atoms with Crippen molar-refractivity contribution in [2.24, 2.45) is 0 Å². The van der Waals surface area contributed by atoms with Crippen LogP contribution in [0.5, 0.6) is 5.75 Å². The summed E-state index contributed by atoms with van der Waals surface area (Å²) >= 11 is 0. The summed E-state index contributed by atoms with van der Waals surface area (Å²) in [5.74, 6) is -1.09. The van der Waals surface area contributed by atoms with Crippen LogP contribution >= 0.6 is 0 Å². The van der Waals surface area contributed by atoms with Crippen LogP contribution in [0.25, 0.3) is 0 Å². The largest absolute Gasteiger partial charge is 0.492 e. The quantitative estimate of drug-likeness (QED) is 0.321. The summed E-state index contributed by atoms with van der Waals surface area (Å²) in [6, 6.07) is 19.0. The zero-order valence-electron chi connectivity index (χ0n) is 23.2. The normalized spacial score (nSPS) is 12.1. The first-order chi connectivity index (χ1) is 19.1. The number of anilines is 1. The van der Waals surface area contributed by atoms with Gasteiger partial charge in [0.05, 0.1) is 17.2 Å². The molecule has 40 heavy (non-hydrogen) atoms. The number of sulfonamides is 1. The van der Waals surface area contributed by atoms with Gasteiger partial charge >= 0.3 is 0 Å². The second kappa shape index (κ2) is 13.9. The van der Waals surface area contributed by atoms with E-state index >= 15 is 0 Å². The van der Waals surface area contributed by atoms with E-state index in [1.54, 1.807) is 56.3 Å². The Hall–Kier alpha value is -3.92. The third kappa shape index (κ3) is 7.59. The molecule has 3 aromatic rings. The van der Waals surface area contributed by atoms with E-state index in [-0.39, 0.29) is 42.1 Å². The maximum Gasteiger partial charge on any atom is 0.264 e. The average molecular weight is 570 g/mol. The molecule has 0 spiro atoms. The second-order valence-electron chi connectivity index (χ2n) is 9.46. The second-order valence-corrected chi connectivity index (χ2v) is 11.3. The lowest BCUT2D eigenvalue weighted by molar-refractivity contribution is -0.140. The van der Waals surface area contributed by atoms with Crippen molar-refractivity contribution in [2.75, 3.05) is 17.5 Å². The summed E-state index contributed by atoms with van der Waals surface area (Å²) in [6.07, 6.45) is 0.284. The van der Waals surface area contributed by atoms with Gasteiger partial charge in [0.15, 0.2) is 0 Å². The van der Waals surface area contributed by atoms with E-state index in [1.807, 2.05) is 13.8 Å². The number of carbonyl (C=O) groups excluding carboxylic acids is 2. The van der Waals surface area contributed by atoms with Crippen molar-refractivity contribution >= 4 is 27.5 Å². The number of benzene rings is 3. The smallest absolute Gasteiger partial charge is 0.264 e. The molecule has 3 aromatic carbocycles. The molecule has 0 aromatic heterocycles. The Labute approximate surface area is 235 Å². The van der Waals surface area contributed by atoms with Crippen LogP contribution in [0.15, 0.2) is 83.8 Å². The Bertz CT molecular complexity index is 1380. The van der Waals surface area contributed by atoms with Crippen LogP contribution in [0.4, 0.5) is 10.1 Å². The first-order valence-corrected chi connectivity index (χ1v) is 14.7. The van der Waals surface area contributed by atoms with Gasteiger partial charge < -0.3 is 15.0 Å². The van der Waals surface area contributed by atoms with Crippen LogP contribution < -0.4 is 14.4 Å². The molecular formula is C30H36FN3O5S. The number of carbonyl (C=O) groups is 2. The van der Waals surface area contributed by atoms with Gasteiger partial charge in [-0.3, -0.25) is 13.9 Å². The molecule has 1 atom stereocenters. The molecule has 0 fully saturated rings. The van der Waals surface area contributed by atoms with Gasteiger partial charge in [0, 0.05) is 12.6 Å². The topological polar surface area (TPSA) is 96.0 Å². The van der Waals surface area contributed by atoms with Crippen LogP contribution in [-0.2, 0) is 26.2 Å². The first-order valence-electron chi connectivity index (χ1n) is 13.2. The molecule has 0 saturated carbocycles. The molecule has 0 bridgehead atoms. The number of hydrogen-bond donors (Lipinski definition) is 1. The van der Waals surface area contributed by atoms with Crippen LogP contribution in [0.1, 0.15) is 39.7 Å². The van der Waals surface area contributed by atoms with Gasteiger partial charge in [0.1, 0.15) is 24.2 Å². The lowest BCUT2D eigenvalue weighted by Gasteiger charge is -2.34.